The Bertz CT molecular complexity index is 605. The third-order valence-corrected chi connectivity index (χ3v) is 4.66. The van der Waals surface area contributed by atoms with Gasteiger partial charge in [-0.05, 0) is 49.1 Å². The van der Waals surface area contributed by atoms with Gasteiger partial charge in [0.2, 0.25) is 0 Å². The Morgan fingerprint density at radius 2 is 1.76 bits per heavy atom. The molecule has 2 aromatic rings. The zero-order valence-electron chi connectivity index (χ0n) is 12.2. The Morgan fingerprint density at radius 1 is 1.14 bits per heavy atom. The minimum atomic E-state index is -0.526. The Hall–Kier alpha value is -1.39. The number of benzene rings is 2. The van der Waals surface area contributed by atoms with E-state index in [1.807, 2.05) is 38.1 Å². The molecule has 0 aliphatic carbocycles. The van der Waals surface area contributed by atoms with Crippen molar-refractivity contribution in [3.63, 3.8) is 0 Å². The van der Waals surface area contributed by atoms with Crippen molar-refractivity contribution in [3.8, 4) is 0 Å². The lowest BCUT2D eigenvalue weighted by atomic mass is 10.0. The van der Waals surface area contributed by atoms with Crippen LogP contribution in [-0.2, 0) is 6.42 Å². The van der Waals surface area contributed by atoms with Crippen LogP contribution in [-0.4, -0.2) is 6.04 Å². The molecule has 0 amide bonds. The van der Waals surface area contributed by atoms with E-state index in [0.29, 0.717) is 12.0 Å². The van der Waals surface area contributed by atoms with Crippen LogP contribution < -0.4 is 5.73 Å². The van der Waals surface area contributed by atoms with Gasteiger partial charge in [0.15, 0.2) is 0 Å². The summed E-state index contributed by atoms with van der Waals surface area (Å²) >= 11 is 1.12. The van der Waals surface area contributed by atoms with Crippen LogP contribution in [0.15, 0.2) is 46.2 Å². The second-order valence-electron chi connectivity index (χ2n) is 5.13. The van der Waals surface area contributed by atoms with Crippen molar-refractivity contribution in [1.82, 2.24) is 0 Å². The van der Waals surface area contributed by atoms with Crippen molar-refractivity contribution in [2.45, 2.75) is 42.5 Å². The van der Waals surface area contributed by atoms with Crippen molar-refractivity contribution in [2.75, 3.05) is 0 Å². The molecule has 1 atom stereocenters. The topological polar surface area (TPSA) is 26.0 Å². The van der Waals surface area contributed by atoms with Gasteiger partial charge < -0.3 is 5.73 Å². The van der Waals surface area contributed by atoms with Crippen LogP contribution in [0.25, 0.3) is 0 Å². The molecule has 2 aromatic carbocycles. The molecule has 0 heterocycles. The fourth-order valence-corrected chi connectivity index (χ4v) is 2.96. The van der Waals surface area contributed by atoms with Crippen molar-refractivity contribution in [2.24, 2.45) is 5.73 Å². The molecule has 0 fully saturated rings. The highest BCUT2D eigenvalue weighted by Gasteiger charge is 2.14. The molecular formula is C17H19F2NS. The lowest BCUT2D eigenvalue weighted by Gasteiger charge is -2.12. The van der Waals surface area contributed by atoms with Crippen molar-refractivity contribution < 1.29 is 8.78 Å². The van der Waals surface area contributed by atoms with E-state index >= 15 is 0 Å². The Kier molecular flexibility index (Phi) is 5.37. The highest BCUT2D eigenvalue weighted by atomic mass is 32.2. The van der Waals surface area contributed by atoms with Gasteiger partial charge in [-0.2, -0.15) is 0 Å². The van der Waals surface area contributed by atoms with E-state index in [2.05, 4.69) is 0 Å². The molecule has 1 nitrogen and oxygen atoms in total. The summed E-state index contributed by atoms with van der Waals surface area (Å²) < 4.78 is 28.4. The summed E-state index contributed by atoms with van der Waals surface area (Å²) in [5.41, 5.74) is 7.44. The van der Waals surface area contributed by atoms with E-state index in [1.165, 1.54) is 12.1 Å². The maximum atomic E-state index is 14.2. The molecule has 0 spiro atoms. The van der Waals surface area contributed by atoms with E-state index in [9.17, 15) is 8.78 Å². The number of aryl methyl sites for hydroxylation is 1. The number of halogens is 2. The van der Waals surface area contributed by atoms with Gasteiger partial charge in [0.1, 0.15) is 11.6 Å². The zero-order valence-corrected chi connectivity index (χ0v) is 13.0. The largest absolute Gasteiger partial charge is 0.327 e. The summed E-state index contributed by atoms with van der Waals surface area (Å²) in [5, 5.41) is 0. The van der Waals surface area contributed by atoms with Gasteiger partial charge in [0, 0.05) is 10.9 Å². The first-order valence-electron chi connectivity index (χ1n) is 6.98. The van der Waals surface area contributed by atoms with E-state index in [1.54, 1.807) is 0 Å². The lowest BCUT2D eigenvalue weighted by Crippen LogP contribution is -2.21. The molecule has 0 saturated carbocycles. The standard InChI is InChI=1S/C17H19F2NS/c1-3-13(20)8-12-9-14(18)17(15(19)10-12)21-16-7-5-4-6-11(16)2/h4-7,9-10,13H,3,8,20H2,1-2H3. The van der Waals surface area contributed by atoms with Crippen molar-refractivity contribution in [1.29, 1.82) is 0 Å². The monoisotopic (exact) mass is 307 g/mol. The lowest BCUT2D eigenvalue weighted by molar-refractivity contribution is 0.533. The second-order valence-corrected chi connectivity index (χ2v) is 6.18. The molecule has 2 N–H and O–H groups in total. The van der Waals surface area contributed by atoms with Gasteiger partial charge in [-0.15, -0.1) is 0 Å². The molecule has 0 aliphatic heterocycles. The quantitative estimate of drug-likeness (QED) is 0.866. The first-order chi connectivity index (χ1) is 10.0. The van der Waals surface area contributed by atoms with Crippen LogP contribution in [0, 0.1) is 18.6 Å². The van der Waals surface area contributed by atoms with Crippen LogP contribution in [0.5, 0.6) is 0 Å². The first-order valence-corrected chi connectivity index (χ1v) is 7.80. The Balaban J connectivity index is 2.27. The molecule has 0 aromatic heterocycles. The fourth-order valence-electron chi connectivity index (χ4n) is 2.06. The number of nitrogens with two attached hydrogens (primary N) is 1. The minimum absolute atomic E-state index is 0.0399. The third-order valence-electron chi connectivity index (χ3n) is 3.39. The summed E-state index contributed by atoms with van der Waals surface area (Å²) in [4.78, 5) is 0.895. The van der Waals surface area contributed by atoms with Gasteiger partial charge in [-0.1, -0.05) is 36.9 Å². The summed E-state index contributed by atoms with van der Waals surface area (Å²) in [7, 11) is 0. The van der Waals surface area contributed by atoms with Gasteiger partial charge in [-0.3, -0.25) is 0 Å². The molecule has 4 heteroatoms. The first kappa shape index (κ1) is 16.0. The number of rotatable bonds is 5. The summed E-state index contributed by atoms with van der Waals surface area (Å²) in [6, 6.07) is 10.3. The molecular weight excluding hydrogens is 288 g/mol. The molecule has 112 valence electrons. The van der Waals surface area contributed by atoms with Crippen LogP contribution in [0.1, 0.15) is 24.5 Å². The maximum Gasteiger partial charge on any atom is 0.140 e. The summed E-state index contributed by atoms with van der Waals surface area (Å²) in [6.45, 7) is 3.88. The molecule has 1 unspecified atom stereocenters. The van der Waals surface area contributed by atoms with Gasteiger partial charge in [-0.25, -0.2) is 8.78 Å². The molecule has 21 heavy (non-hydrogen) atoms. The zero-order chi connectivity index (χ0) is 15.4. The van der Waals surface area contributed by atoms with Crippen LogP contribution in [0.2, 0.25) is 0 Å². The van der Waals surface area contributed by atoms with Crippen LogP contribution in [0.4, 0.5) is 8.78 Å². The third kappa shape index (κ3) is 4.05. The van der Waals surface area contributed by atoms with Gasteiger partial charge in [0.05, 0.1) is 4.90 Å². The highest BCUT2D eigenvalue weighted by Crippen LogP contribution is 2.34. The van der Waals surface area contributed by atoms with Crippen LogP contribution >= 0.6 is 11.8 Å². The number of hydrogen-bond acceptors (Lipinski definition) is 2. The van der Waals surface area contributed by atoms with Crippen molar-refractivity contribution >= 4 is 11.8 Å². The minimum Gasteiger partial charge on any atom is -0.327 e. The van der Waals surface area contributed by atoms with Gasteiger partial charge >= 0.3 is 0 Å². The average Bonchev–Trinajstić information content (AvgIpc) is 2.44. The SMILES string of the molecule is CCC(N)Cc1cc(F)c(Sc2ccccc2C)c(F)c1. The predicted molar refractivity (Wildman–Crippen MR) is 83.6 cm³/mol. The van der Waals surface area contributed by atoms with E-state index in [-0.39, 0.29) is 10.9 Å². The van der Waals surface area contributed by atoms with Crippen molar-refractivity contribution in [3.05, 3.63) is 59.2 Å². The van der Waals surface area contributed by atoms with E-state index in [0.717, 1.165) is 28.6 Å². The molecule has 0 aliphatic rings. The molecule has 0 bridgehead atoms. The van der Waals surface area contributed by atoms with Gasteiger partial charge in [0.25, 0.3) is 0 Å². The average molecular weight is 307 g/mol. The summed E-state index contributed by atoms with van der Waals surface area (Å²) in [5.74, 6) is -1.05. The molecule has 0 saturated heterocycles. The smallest absolute Gasteiger partial charge is 0.140 e. The fraction of sp³-hybridized carbons (Fsp3) is 0.294. The summed E-state index contributed by atoms with van der Waals surface area (Å²) in [6.07, 6.45) is 1.27. The normalized spacial score (nSPS) is 12.4. The Morgan fingerprint density at radius 3 is 2.33 bits per heavy atom. The van der Waals surface area contributed by atoms with E-state index < -0.39 is 11.6 Å². The predicted octanol–water partition coefficient (Wildman–Crippen LogP) is 4.70. The van der Waals surface area contributed by atoms with E-state index in [4.69, 9.17) is 5.73 Å². The second kappa shape index (κ2) is 7.05. The highest BCUT2D eigenvalue weighted by molar-refractivity contribution is 7.99. The van der Waals surface area contributed by atoms with Crippen LogP contribution in [0.3, 0.4) is 0 Å². The molecule has 0 radical (unpaired) electrons. The maximum absolute atomic E-state index is 14.2. The Labute approximate surface area is 128 Å². The molecule has 2 rings (SSSR count). The number of hydrogen-bond donors (Lipinski definition) is 1.